The van der Waals surface area contributed by atoms with Gasteiger partial charge in [0.15, 0.2) is 4.92 Å². The topological polar surface area (TPSA) is 20.3 Å². The quantitative estimate of drug-likeness (QED) is 0.562. The lowest BCUT2D eigenvalue weighted by Crippen LogP contribution is -2.69. The highest BCUT2D eigenvalue weighted by atomic mass is 28.4. The van der Waals surface area contributed by atoms with E-state index in [-0.39, 0.29) is 0 Å². The lowest BCUT2D eigenvalue weighted by atomic mass is 10.7. The van der Waals surface area contributed by atoms with E-state index in [1.807, 2.05) is 0 Å². The summed E-state index contributed by atoms with van der Waals surface area (Å²) in [7, 11) is -5.30. The molecule has 0 rings (SSSR count). The molecule has 0 aliphatic carbocycles. The average Bonchev–Trinajstić information content (AvgIpc) is 1.96. The van der Waals surface area contributed by atoms with Gasteiger partial charge in [0.05, 0.1) is 16.1 Å². The molecule has 0 spiro atoms. The monoisotopic (exact) mass is 257 g/mol. The number of nitrogens with zero attached hydrogens (tertiary/aromatic N) is 1. The first-order valence-electron chi connectivity index (χ1n) is 4.70. The van der Waals surface area contributed by atoms with Crippen LogP contribution in [-0.4, -0.2) is 32.3 Å². The van der Waals surface area contributed by atoms with Crippen LogP contribution >= 0.6 is 0 Å². The molecule has 2 nitrogen and oxygen atoms in total. The first-order valence-corrected chi connectivity index (χ1v) is 11.7. The molecule has 1 amide bonds. The summed E-state index contributed by atoms with van der Waals surface area (Å²) in [5.41, 5.74) is 0. The van der Waals surface area contributed by atoms with Crippen LogP contribution in [-0.2, 0) is 4.79 Å². The number of hydrogen-bond acceptors (Lipinski definition) is 1. The van der Waals surface area contributed by atoms with Crippen LogP contribution in [0.2, 0.25) is 39.3 Å². The molecule has 0 saturated carbocycles. The van der Waals surface area contributed by atoms with E-state index in [2.05, 4.69) is 0 Å². The van der Waals surface area contributed by atoms with Crippen molar-refractivity contribution < 1.29 is 18.1 Å². The van der Waals surface area contributed by atoms with Gasteiger partial charge in [-0.2, -0.15) is 0 Å². The zero-order valence-corrected chi connectivity index (χ0v) is 12.0. The summed E-state index contributed by atoms with van der Waals surface area (Å²) in [5, 5.41) is -1.60. The lowest BCUT2D eigenvalue weighted by Gasteiger charge is -2.42. The van der Waals surface area contributed by atoms with E-state index >= 15 is 0 Å². The minimum atomic E-state index is -2.65. The first-order chi connectivity index (χ1) is 6.35. The van der Waals surface area contributed by atoms with Crippen LogP contribution in [0.15, 0.2) is 0 Å². The lowest BCUT2D eigenvalue weighted by molar-refractivity contribution is -0.192. The van der Waals surface area contributed by atoms with Crippen molar-refractivity contribution in [1.82, 2.24) is 5.34 Å². The molecule has 90 valence electrons. The smallest absolute Gasteiger partial charge is 0.266 e. The summed E-state index contributed by atoms with van der Waals surface area (Å²) >= 11 is 0. The molecule has 0 unspecified atom stereocenters. The number of carbonyl (C=O) groups is 1. The molecule has 0 aliphatic rings. The largest absolute Gasteiger partial charge is 0.313 e. The number of carbonyl (C=O) groups excluding carboxylic acids is 1. The van der Waals surface area contributed by atoms with Gasteiger partial charge in [0.1, 0.15) is 0 Å². The molecule has 0 atom stereocenters. The molecule has 0 N–H and O–H groups in total. The fourth-order valence-corrected chi connectivity index (χ4v) is 12.3. The van der Waals surface area contributed by atoms with E-state index in [1.165, 1.54) is 0 Å². The Balaban J connectivity index is 5.54. The summed E-state index contributed by atoms with van der Waals surface area (Å²) in [4.78, 5) is 9.00. The molecule has 0 radical (unpaired) electrons. The number of hydrogen-bond donors (Lipinski definition) is 0. The Morgan fingerprint density at radius 3 is 1.33 bits per heavy atom. The Labute approximate surface area is 90.3 Å². The molecule has 7 heteroatoms. The molecule has 15 heavy (non-hydrogen) atoms. The molecular weight excluding hydrogens is 239 g/mol. The second kappa shape index (κ2) is 3.93. The van der Waals surface area contributed by atoms with E-state index < -0.39 is 32.3 Å². The van der Waals surface area contributed by atoms with E-state index in [9.17, 15) is 18.1 Å². The van der Waals surface area contributed by atoms with Gasteiger partial charge >= 0.3 is 5.91 Å². The predicted molar refractivity (Wildman–Crippen MR) is 59.6 cm³/mol. The van der Waals surface area contributed by atoms with Crippen LogP contribution in [0.1, 0.15) is 0 Å². The Morgan fingerprint density at radius 1 is 1.00 bits per heavy atom. The highest BCUT2D eigenvalue weighted by molar-refractivity contribution is 7.02. The zero-order valence-electron chi connectivity index (χ0n) is 9.99. The molecule has 0 aliphatic heterocycles. The van der Waals surface area contributed by atoms with Crippen molar-refractivity contribution >= 4 is 22.1 Å². The Kier molecular flexibility index (Phi) is 3.85. The predicted octanol–water partition coefficient (Wildman–Crippen LogP) is 3.05. The Morgan fingerprint density at radius 2 is 1.27 bits per heavy atom. The molecular formula is C8H18F3NOSi2. The van der Waals surface area contributed by atoms with Crippen LogP contribution in [0.4, 0.5) is 13.4 Å². The number of rotatable bonds is 3. The highest BCUT2D eigenvalue weighted by Gasteiger charge is 2.61. The van der Waals surface area contributed by atoms with Crippen LogP contribution in [0.3, 0.4) is 0 Å². The Hall–Kier alpha value is -0.306. The minimum absolute atomic E-state index is 1.60. The second-order valence-corrected chi connectivity index (χ2v) is 16.6. The van der Waals surface area contributed by atoms with Crippen molar-refractivity contribution in [2.45, 2.75) is 44.2 Å². The summed E-state index contributed by atoms with van der Waals surface area (Å²) in [6, 6.07) is 0. The summed E-state index contributed by atoms with van der Waals surface area (Å²) in [6.07, 6.45) is 0. The van der Waals surface area contributed by atoms with E-state index in [4.69, 9.17) is 0 Å². The van der Waals surface area contributed by atoms with Gasteiger partial charge in [-0.25, -0.2) is 4.39 Å². The van der Waals surface area contributed by atoms with Gasteiger partial charge in [0.2, 0.25) is 0 Å². The third-order valence-corrected chi connectivity index (χ3v) is 11.6. The fraction of sp³-hybridized carbons (Fsp3) is 0.875. The van der Waals surface area contributed by atoms with Gasteiger partial charge in [0.25, 0.3) is 0 Å². The van der Waals surface area contributed by atoms with Crippen LogP contribution in [0, 0.1) is 0 Å². The summed E-state index contributed by atoms with van der Waals surface area (Å²) in [6.45, 7) is 9.62. The Bertz CT molecular complexity index is 244. The third-order valence-electron chi connectivity index (χ3n) is 2.52. The van der Waals surface area contributed by atoms with Gasteiger partial charge in [-0.1, -0.05) is 48.2 Å². The number of alkyl halides is 1. The van der Waals surface area contributed by atoms with Crippen LogP contribution in [0.25, 0.3) is 0 Å². The van der Waals surface area contributed by atoms with Gasteiger partial charge in [-0.05, 0) is 5.34 Å². The number of amides is 1. The normalized spacial score (nSPS) is 13.9. The summed E-state index contributed by atoms with van der Waals surface area (Å²) in [5.74, 6) is -1.67. The van der Waals surface area contributed by atoms with E-state index in [0.29, 0.717) is 0 Å². The van der Waals surface area contributed by atoms with Crippen LogP contribution < -0.4 is 0 Å². The van der Waals surface area contributed by atoms with Crippen molar-refractivity contribution in [1.29, 1.82) is 0 Å². The fourth-order valence-electron chi connectivity index (χ4n) is 1.88. The standard InChI is InChI=1S/C8H18F3NOSi2/c1-14(2,3)8(9,15(4,5)6)7(13)12(10)11/h1-6H3. The van der Waals surface area contributed by atoms with Gasteiger partial charge < -0.3 is 0 Å². The highest BCUT2D eigenvalue weighted by Crippen LogP contribution is 2.36. The zero-order chi connectivity index (χ0) is 12.7. The molecule has 0 saturated heterocycles. The van der Waals surface area contributed by atoms with Crippen molar-refractivity contribution in [2.75, 3.05) is 0 Å². The third kappa shape index (κ3) is 2.44. The maximum Gasteiger partial charge on any atom is 0.313 e. The van der Waals surface area contributed by atoms with Crippen molar-refractivity contribution in [3.05, 3.63) is 0 Å². The first kappa shape index (κ1) is 14.7. The van der Waals surface area contributed by atoms with Crippen molar-refractivity contribution in [3.8, 4) is 0 Å². The SMILES string of the molecule is C[Si](C)(C)C(F)(C(=O)N(F)F)[Si](C)(C)C. The molecule has 0 heterocycles. The van der Waals surface area contributed by atoms with Gasteiger partial charge in [-0.15, -0.1) is 0 Å². The second-order valence-electron chi connectivity index (χ2n) is 5.70. The number of halogens is 3. The molecule has 0 aromatic carbocycles. The van der Waals surface area contributed by atoms with Crippen molar-refractivity contribution in [3.63, 3.8) is 0 Å². The van der Waals surface area contributed by atoms with Crippen molar-refractivity contribution in [2.24, 2.45) is 0 Å². The van der Waals surface area contributed by atoms with Gasteiger partial charge in [0, 0.05) is 0 Å². The molecule has 0 aromatic heterocycles. The minimum Gasteiger partial charge on any atom is -0.266 e. The van der Waals surface area contributed by atoms with Crippen LogP contribution in [0.5, 0.6) is 0 Å². The van der Waals surface area contributed by atoms with E-state index in [0.717, 1.165) is 0 Å². The van der Waals surface area contributed by atoms with E-state index in [1.54, 1.807) is 39.3 Å². The van der Waals surface area contributed by atoms with Gasteiger partial charge in [-0.3, -0.25) is 4.79 Å². The maximum absolute atomic E-state index is 14.7. The molecule has 0 bridgehead atoms. The average molecular weight is 257 g/mol. The molecule has 0 fully saturated rings. The molecule has 0 aromatic rings. The maximum atomic E-state index is 14.7. The summed E-state index contributed by atoms with van der Waals surface area (Å²) < 4.78 is 39.2.